The number of hydrogen-bond donors (Lipinski definition) is 6. The molecule has 0 saturated carbocycles. The van der Waals surface area contributed by atoms with E-state index in [2.05, 4.69) is 35.3 Å². The van der Waals surface area contributed by atoms with Crippen molar-refractivity contribution in [3.8, 4) is 22.5 Å². The molecule has 0 spiro atoms. The maximum absolute atomic E-state index is 13.6. The number of primary sulfonamides is 1. The number of quaternary nitrogens is 1. The summed E-state index contributed by atoms with van der Waals surface area (Å²) in [4.78, 5) is 6.06. The Hall–Kier alpha value is -3.48. The Morgan fingerprint density at radius 1 is 1.16 bits per heavy atom. The number of likely N-dealkylation sites (tertiary alicyclic amines) is 1. The molecule has 1 fully saturated rings. The maximum atomic E-state index is 13.6. The number of H-pyrrole nitrogens is 2. The Morgan fingerprint density at radius 2 is 1.95 bits per heavy atom. The number of nitrogens with zero attached hydrogens (tertiary/aromatic N) is 5. The van der Waals surface area contributed by atoms with Gasteiger partial charge in [0, 0.05) is 18.5 Å². The number of imidazole rings is 1. The molecule has 9 N–H and O–H groups in total. The van der Waals surface area contributed by atoms with Crippen LogP contribution in [0.1, 0.15) is 6.42 Å². The number of aromatic nitrogens is 6. The fraction of sp³-hybridized carbons (Fsp3) is 0.333. The van der Waals surface area contributed by atoms with Gasteiger partial charge in [-0.15, -0.1) is 10.2 Å². The molecule has 1 unspecified atom stereocenters. The van der Waals surface area contributed by atoms with Crippen LogP contribution in [-0.4, -0.2) is 91.2 Å². The third kappa shape index (κ3) is 4.74. The van der Waals surface area contributed by atoms with Gasteiger partial charge in [-0.25, -0.2) is 31.7 Å². The molecule has 2 atom stereocenters. The van der Waals surface area contributed by atoms with E-state index in [1.54, 1.807) is 18.2 Å². The lowest BCUT2D eigenvalue weighted by molar-refractivity contribution is -0.896. The molecule has 17 heteroatoms. The molecule has 2 aromatic carbocycles. The highest BCUT2D eigenvalue weighted by molar-refractivity contribution is 7.92. The normalized spacial score (nSPS) is 20.3. The summed E-state index contributed by atoms with van der Waals surface area (Å²) in [6.07, 6.45) is 0.568. The summed E-state index contributed by atoms with van der Waals surface area (Å²) >= 11 is 0. The Balaban J connectivity index is 1.71. The zero-order valence-electron chi connectivity index (χ0n) is 20.4. The quantitative estimate of drug-likeness (QED) is 0.144. The van der Waals surface area contributed by atoms with Crippen molar-refractivity contribution in [2.75, 3.05) is 39.0 Å². The number of nitrogens with two attached hydrogens (primary N) is 3. The zero-order valence-corrected chi connectivity index (χ0v) is 22.1. The minimum atomic E-state index is -4.63. The van der Waals surface area contributed by atoms with Gasteiger partial charge in [-0.2, -0.15) is 5.21 Å². The fourth-order valence-corrected chi connectivity index (χ4v) is 7.98. The van der Waals surface area contributed by atoms with E-state index in [4.69, 9.17) is 16.6 Å². The van der Waals surface area contributed by atoms with Crippen molar-refractivity contribution in [3.05, 3.63) is 30.3 Å². The predicted molar refractivity (Wildman–Crippen MR) is 139 cm³/mol. The van der Waals surface area contributed by atoms with Gasteiger partial charge in [0.2, 0.25) is 25.9 Å². The van der Waals surface area contributed by atoms with Crippen LogP contribution < -0.4 is 21.3 Å². The monoisotopic (exact) mass is 562 g/mol. The summed E-state index contributed by atoms with van der Waals surface area (Å²) in [6, 6.07) is 7.41. The van der Waals surface area contributed by atoms with Crippen LogP contribution in [0.3, 0.4) is 0 Å². The van der Waals surface area contributed by atoms with Crippen LogP contribution in [0.2, 0.25) is 0 Å². The lowest BCUT2D eigenvalue weighted by Crippen LogP contribution is -2.48. The van der Waals surface area contributed by atoms with Crippen molar-refractivity contribution in [3.63, 3.8) is 0 Å². The number of fused-ring (bicyclic) bond motifs is 1. The van der Waals surface area contributed by atoms with E-state index in [9.17, 15) is 16.8 Å². The third-order valence-corrected chi connectivity index (χ3v) is 9.44. The summed E-state index contributed by atoms with van der Waals surface area (Å²) in [5.74, 6) is -0.00475. The minimum absolute atomic E-state index is 0.131. The average molecular weight is 563 g/mol. The predicted octanol–water partition coefficient (Wildman–Crippen LogP) is -0.904. The number of aromatic amines is 2. The van der Waals surface area contributed by atoms with E-state index in [1.165, 1.54) is 12.1 Å². The highest BCUT2D eigenvalue weighted by atomic mass is 32.2. The number of tetrazole rings is 1. The zero-order chi connectivity index (χ0) is 27.3. The van der Waals surface area contributed by atoms with Gasteiger partial charge in [0.05, 0.1) is 49.3 Å². The van der Waals surface area contributed by atoms with Gasteiger partial charge in [0.25, 0.3) is 0 Å². The van der Waals surface area contributed by atoms with Gasteiger partial charge in [-0.05, 0) is 22.9 Å². The van der Waals surface area contributed by atoms with Crippen LogP contribution in [0.25, 0.3) is 33.5 Å². The number of nitrogen functional groups attached to an aromatic ring is 1. The third-order valence-electron chi connectivity index (χ3n) is 6.76. The first kappa shape index (κ1) is 26.1. The Bertz CT molecular complexity index is 1720. The molecule has 1 saturated heterocycles. The van der Waals surface area contributed by atoms with Crippen LogP contribution in [0.5, 0.6) is 0 Å². The molecule has 1 aliphatic heterocycles. The van der Waals surface area contributed by atoms with Crippen molar-refractivity contribution >= 4 is 37.0 Å². The van der Waals surface area contributed by atoms with Crippen molar-refractivity contribution in [2.45, 2.75) is 22.3 Å². The first-order valence-electron chi connectivity index (χ1n) is 11.7. The number of likely N-dealkylation sites (N-methyl/N-ethyl adjacent to an activating group) is 1. The first-order valence-corrected chi connectivity index (χ1v) is 14.7. The highest BCUT2D eigenvalue weighted by Gasteiger charge is 2.39. The fourth-order valence-electron chi connectivity index (χ4n) is 5.12. The van der Waals surface area contributed by atoms with Gasteiger partial charge in [-0.3, -0.25) is 0 Å². The number of rotatable bonds is 8. The second-order valence-electron chi connectivity index (χ2n) is 9.56. The number of para-hydroxylation sites is 1. The molecule has 3 heterocycles. The van der Waals surface area contributed by atoms with Crippen molar-refractivity contribution in [1.29, 1.82) is 0 Å². The lowest BCUT2D eigenvalue weighted by Gasteiger charge is -2.29. The first-order chi connectivity index (χ1) is 17.9. The van der Waals surface area contributed by atoms with Gasteiger partial charge in [0.15, 0.2) is 5.95 Å². The summed E-state index contributed by atoms with van der Waals surface area (Å²) in [5, 5.41) is 19.4. The highest BCUT2D eigenvalue weighted by Crippen LogP contribution is 2.40. The van der Waals surface area contributed by atoms with Crippen molar-refractivity contribution in [1.82, 2.24) is 35.3 Å². The molecule has 0 bridgehead atoms. The Morgan fingerprint density at radius 3 is 2.63 bits per heavy atom. The van der Waals surface area contributed by atoms with E-state index in [1.807, 2.05) is 7.05 Å². The molecule has 5 rings (SSSR count). The van der Waals surface area contributed by atoms with Gasteiger partial charge < -0.3 is 20.9 Å². The molecule has 2 aromatic heterocycles. The van der Waals surface area contributed by atoms with Crippen LogP contribution in [-0.2, 0) is 20.0 Å². The van der Waals surface area contributed by atoms with E-state index in [0.717, 1.165) is 6.54 Å². The number of sulfonamides is 2. The van der Waals surface area contributed by atoms with E-state index < -0.39 is 35.9 Å². The SMILES string of the molecule is C[N+]1(CCN)CC[C@@H](NS(=O)(=O)c2ccc(-c3cccc4[nH]c(N)nc34)c(-c3nn[nH]n3)c2S(N)(=O)=O)C1. The number of anilines is 1. The topological polar surface area (TPSA) is 242 Å². The standard InChI is InChI=1S/C21H28N11O4S2/c1-32(10-8-22)9-7-12(11-32)29-38(35,36)16-6-5-13(14-3-2-4-15-18(14)26-21(23)25-15)17(19(16)37(24,33)34)20-27-30-31-28-20/h2-6,12,29H,7-11,22H2,1H3,(H3,23,25,26)(H2,24,33,34)(H,27,28,30,31)/q+1/t12-,32?/m1/s1. The van der Waals surface area contributed by atoms with Crippen LogP contribution in [0, 0.1) is 0 Å². The molecular weight excluding hydrogens is 534 g/mol. The summed E-state index contributed by atoms with van der Waals surface area (Å²) < 4.78 is 56.6. The van der Waals surface area contributed by atoms with Crippen LogP contribution in [0.4, 0.5) is 5.95 Å². The largest absolute Gasteiger partial charge is 0.369 e. The number of nitrogens with one attached hydrogen (secondary N) is 3. The minimum Gasteiger partial charge on any atom is -0.369 e. The second kappa shape index (κ2) is 9.37. The Kier molecular flexibility index (Phi) is 6.44. The van der Waals surface area contributed by atoms with Crippen molar-refractivity contribution in [2.24, 2.45) is 10.9 Å². The molecule has 38 heavy (non-hydrogen) atoms. The second-order valence-corrected chi connectivity index (χ2v) is 12.7. The van der Waals surface area contributed by atoms with Gasteiger partial charge >= 0.3 is 0 Å². The average Bonchev–Trinajstić information content (AvgIpc) is 3.57. The van der Waals surface area contributed by atoms with Crippen LogP contribution in [0.15, 0.2) is 40.1 Å². The molecule has 0 aliphatic carbocycles. The van der Waals surface area contributed by atoms with E-state index >= 15 is 0 Å². The summed E-state index contributed by atoms with van der Waals surface area (Å²) in [7, 11) is -6.98. The molecule has 4 aromatic rings. The molecule has 15 nitrogen and oxygen atoms in total. The molecule has 0 amide bonds. The number of hydrogen-bond acceptors (Lipinski definition) is 10. The van der Waals surface area contributed by atoms with Gasteiger partial charge in [-0.1, -0.05) is 18.2 Å². The van der Waals surface area contributed by atoms with E-state index in [0.29, 0.717) is 47.1 Å². The van der Waals surface area contributed by atoms with Crippen LogP contribution >= 0.6 is 0 Å². The van der Waals surface area contributed by atoms with Crippen molar-refractivity contribution < 1.29 is 21.3 Å². The molecule has 0 radical (unpaired) electrons. The smallest absolute Gasteiger partial charge is 0.242 e. The summed E-state index contributed by atoms with van der Waals surface area (Å²) in [6.45, 7) is 2.41. The molecule has 202 valence electrons. The molecular formula is C21H28N11O4S2+. The summed E-state index contributed by atoms with van der Waals surface area (Å²) in [5.41, 5.74) is 13.2. The van der Waals surface area contributed by atoms with Gasteiger partial charge in [0.1, 0.15) is 9.79 Å². The van der Waals surface area contributed by atoms with E-state index in [-0.39, 0.29) is 22.9 Å². The maximum Gasteiger partial charge on any atom is 0.242 e. The molecule has 1 aliphatic rings. The number of benzene rings is 2. The lowest BCUT2D eigenvalue weighted by atomic mass is 9.98. The Labute approximate surface area is 218 Å².